The third kappa shape index (κ3) is 18.0. The summed E-state index contributed by atoms with van der Waals surface area (Å²) in [6.07, 6.45) is 17.8. The van der Waals surface area contributed by atoms with Gasteiger partial charge in [-0.25, -0.2) is 0 Å². The van der Waals surface area contributed by atoms with Crippen LogP contribution in [-0.4, -0.2) is 35.9 Å². The lowest BCUT2D eigenvalue weighted by atomic mass is 9.95. The van der Waals surface area contributed by atoms with Crippen LogP contribution in [-0.2, 0) is 4.79 Å². The third-order valence-corrected chi connectivity index (χ3v) is 4.92. The molecule has 0 fully saturated rings. The van der Waals surface area contributed by atoms with Crippen molar-refractivity contribution >= 4 is 5.91 Å². The fraction of sp³-hybridized carbons (Fsp3) is 0.952. The molecule has 1 amide bonds. The molecule has 1 unspecified atom stereocenters. The second-order valence-corrected chi connectivity index (χ2v) is 7.34. The Balaban J connectivity index is 3.38. The fourth-order valence-electron chi connectivity index (χ4n) is 3.25. The monoisotopic (exact) mass is 357 g/mol. The summed E-state index contributed by atoms with van der Waals surface area (Å²) in [6, 6.07) is 0. The van der Waals surface area contributed by atoms with E-state index in [2.05, 4.69) is 12.2 Å². The average molecular weight is 358 g/mol. The van der Waals surface area contributed by atoms with Crippen LogP contribution < -0.4 is 5.32 Å². The molecule has 0 spiro atoms. The summed E-state index contributed by atoms with van der Waals surface area (Å²) in [5.41, 5.74) is 0. The van der Waals surface area contributed by atoms with Crippen LogP contribution in [0.15, 0.2) is 0 Å². The Labute approximate surface area is 155 Å². The SMILES string of the molecule is CCCCCCCCCC(CO)CCCCCCCC(=O)NCCO. The Kier molecular flexibility index (Phi) is 19.2. The summed E-state index contributed by atoms with van der Waals surface area (Å²) in [5.74, 6) is 0.531. The maximum atomic E-state index is 11.4. The zero-order valence-corrected chi connectivity index (χ0v) is 16.6. The molecule has 0 aliphatic heterocycles. The van der Waals surface area contributed by atoms with Crippen molar-refractivity contribution in [1.82, 2.24) is 5.32 Å². The minimum atomic E-state index is 0.0105. The molecule has 0 aromatic rings. The van der Waals surface area contributed by atoms with E-state index in [4.69, 9.17) is 5.11 Å². The van der Waals surface area contributed by atoms with E-state index in [-0.39, 0.29) is 12.5 Å². The van der Waals surface area contributed by atoms with E-state index in [0.29, 0.717) is 25.5 Å². The molecule has 3 N–H and O–H groups in total. The number of amides is 1. The number of hydrogen-bond acceptors (Lipinski definition) is 3. The second kappa shape index (κ2) is 19.7. The highest BCUT2D eigenvalue weighted by molar-refractivity contribution is 5.75. The van der Waals surface area contributed by atoms with Gasteiger partial charge >= 0.3 is 0 Å². The summed E-state index contributed by atoms with van der Waals surface area (Å²) < 4.78 is 0. The molecule has 0 saturated heterocycles. The van der Waals surface area contributed by atoms with E-state index in [9.17, 15) is 9.90 Å². The Hall–Kier alpha value is -0.610. The zero-order valence-electron chi connectivity index (χ0n) is 16.6. The van der Waals surface area contributed by atoms with Crippen molar-refractivity contribution in [3.8, 4) is 0 Å². The standard InChI is InChI=1S/C21H43NO3/c1-2-3-4-5-6-8-11-14-20(19-24)15-12-9-7-10-13-16-21(25)22-17-18-23/h20,23-24H,2-19H2,1H3,(H,22,25). The molecule has 0 heterocycles. The first-order chi connectivity index (χ1) is 12.2. The van der Waals surface area contributed by atoms with Gasteiger partial charge in [0, 0.05) is 19.6 Å². The molecule has 4 nitrogen and oxygen atoms in total. The van der Waals surface area contributed by atoms with Crippen LogP contribution >= 0.6 is 0 Å². The van der Waals surface area contributed by atoms with E-state index in [1.807, 2.05) is 0 Å². The predicted octanol–water partition coefficient (Wildman–Crippen LogP) is 4.57. The summed E-state index contributed by atoms with van der Waals surface area (Å²) in [7, 11) is 0. The van der Waals surface area contributed by atoms with Gasteiger partial charge in [-0.15, -0.1) is 0 Å². The van der Waals surface area contributed by atoms with Crippen molar-refractivity contribution in [3.63, 3.8) is 0 Å². The van der Waals surface area contributed by atoms with Crippen molar-refractivity contribution in [3.05, 3.63) is 0 Å². The molecule has 0 aliphatic carbocycles. The Bertz CT molecular complexity index is 284. The Morgan fingerprint density at radius 3 is 1.84 bits per heavy atom. The number of carbonyl (C=O) groups excluding carboxylic acids is 1. The number of hydrogen-bond donors (Lipinski definition) is 3. The van der Waals surface area contributed by atoms with Gasteiger partial charge in [0.05, 0.1) is 6.61 Å². The van der Waals surface area contributed by atoms with Gasteiger partial charge in [0.25, 0.3) is 0 Å². The Morgan fingerprint density at radius 2 is 1.32 bits per heavy atom. The van der Waals surface area contributed by atoms with Gasteiger partial charge in [-0.3, -0.25) is 4.79 Å². The molecule has 0 aliphatic rings. The summed E-state index contributed by atoms with van der Waals surface area (Å²) in [5, 5.41) is 20.8. The van der Waals surface area contributed by atoms with Gasteiger partial charge < -0.3 is 15.5 Å². The van der Waals surface area contributed by atoms with Gasteiger partial charge in [-0.1, -0.05) is 77.6 Å². The summed E-state index contributed by atoms with van der Waals surface area (Å²) >= 11 is 0. The molecular weight excluding hydrogens is 314 g/mol. The second-order valence-electron chi connectivity index (χ2n) is 7.34. The minimum absolute atomic E-state index is 0.0105. The summed E-state index contributed by atoms with van der Waals surface area (Å²) in [4.78, 5) is 11.4. The van der Waals surface area contributed by atoms with Crippen LogP contribution in [0, 0.1) is 5.92 Å². The van der Waals surface area contributed by atoms with Crippen molar-refractivity contribution in [2.24, 2.45) is 5.92 Å². The minimum Gasteiger partial charge on any atom is -0.396 e. The Morgan fingerprint density at radius 1 is 0.800 bits per heavy atom. The maximum absolute atomic E-state index is 11.4. The molecule has 25 heavy (non-hydrogen) atoms. The lowest BCUT2D eigenvalue weighted by Crippen LogP contribution is -2.25. The zero-order chi connectivity index (χ0) is 18.6. The highest BCUT2D eigenvalue weighted by atomic mass is 16.3. The molecule has 0 bridgehead atoms. The van der Waals surface area contributed by atoms with E-state index in [1.54, 1.807) is 0 Å². The van der Waals surface area contributed by atoms with Gasteiger partial charge in [0.1, 0.15) is 0 Å². The van der Waals surface area contributed by atoms with Crippen LogP contribution in [0.1, 0.15) is 103 Å². The first kappa shape index (κ1) is 24.4. The average Bonchev–Trinajstić information content (AvgIpc) is 2.63. The van der Waals surface area contributed by atoms with Crippen molar-refractivity contribution in [1.29, 1.82) is 0 Å². The molecule has 0 rings (SSSR count). The predicted molar refractivity (Wildman–Crippen MR) is 106 cm³/mol. The van der Waals surface area contributed by atoms with Crippen LogP contribution in [0.25, 0.3) is 0 Å². The number of aliphatic hydroxyl groups excluding tert-OH is 2. The molecule has 0 aromatic heterocycles. The number of nitrogens with one attached hydrogen (secondary N) is 1. The molecular formula is C21H43NO3. The normalized spacial score (nSPS) is 12.3. The quantitative estimate of drug-likeness (QED) is 0.296. The lowest BCUT2D eigenvalue weighted by Gasteiger charge is -2.13. The number of carbonyl (C=O) groups is 1. The molecule has 4 heteroatoms. The van der Waals surface area contributed by atoms with Crippen molar-refractivity contribution in [2.45, 2.75) is 103 Å². The first-order valence-corrected chi connectivity index (χ1v) is 10.7. The molecule has 0 aromatic carbocycles. The smallest absolute Gasteiger partial charge is 0.220 e. The van der Waals surface area contributed by atoms with Crippen LogP contribution in [0.2, 0.25) is 0 Å². The molecule has 0 saturated carbocycles. The molecule has 0 radical (unpaired) electrons. The van der Waals surface area contributed by atoms with E-state index < -0.39 is 0 Å². The third-order valence-electron chi connectivity index (χ3n) is 4.92. The summed E-state index contributed by atoms with van der Waals surface area (Å²) in [6.45, 7) is 2.96. The number of aliphatic hydroxyl groups is 2. The number of rotatable bonds is 19. The van der Waals surface area contributed by atoms with Gasteiger partial charge in [-0.05, 0) is 25.2 Å². The highest BCUT2D eigenvalue weighted by Gasteiger charge is 2.07. The van der Waals surface area contributed by atoms with Crippen molar-refractivity contribution in [2.75, 3.05) is 19.8 Å². The van der Waals surface area contributed by atoms with Crippen molar-refractivity contribution < 1.29 is 15.0 Å². The molecule has 150 valence electrons. The fourth-order valence-corrected chi connectivity index (χ4v) is 3.25. The topological polar surface area (TPSA) is 69.6 Å². The van der Waals surface area contributed by atoms with E-state index in [0.717, 1.165) is 19.3 Å². The molecule has 1 atom stereocenters. The van der Waals surface area contributed by atoms with Gasteiger partial charge in [-0.2, -0.15) is 0 Å². The first-order valence-electron chi connectivity index (χ1n) is 10.7. The van der Waals surface area contributed by atoms with E-state index in [1.165, 1.54) is 70.6 Å². The highest BCUT2D eigenvalue weighted by Crippen LogP contribution is 2.18. The van der Waals surface area contributed by atoms with Gasteiger partial charge in [0.15, 0.2) is 0 Å². The van der Waals surface area contributed by atoms with Crippen LogP contribution in [0.5, 0.6) is 0 Å². The number of unbranched alkanes of at least 4 members (excludes halogenated alkanes) is 10. The lowest BCUT2D eigenvalue weighted by molar-refractivity contribution is -0.121. The van der Waals surface area contributed by atoms with E-state index >= 15 is 0 Å². The largest absolute Gasteiger partial charge is 0.396 e. The van der Waals surface area contributed by atoms with Crippen LogP contribution in [0.3, 0.4) is 0 Å². The maximum Gasteiger partial charge on any atom is 0.220 e. The van der Waals surface area contributed by atoms with Gasteiger partial charge in [0.2, 0.25) is 5.91 Å². The van der Waals surface area contributed by atoms with Crippen LogP contribution in [0.4, 0.5) is 0 Å².